The number of carbonyl (C=O) groups is 1. The first-order valence-electron chi connectivity index (χ1n) is 6.21. The molecular weight excluding hydrogens is 336 g/mol. The fraction of sp³-hybridized carbons (Fsp3) is 0.133. The minimum atomic E-state index is -0.512. The van der Waals surface area contributed by atoms with Crippen LogP contribution in [0.2, 0.25) is 0 Å². The normalized spacial score (nSPS) is 10.2. The second kappa shape index (κ2) is 6.05. The summed E-state index contributed by atoms with van der Waals surface area (Å²) in [7, 11) is 0. The summed E-state index contributed by atoms with van der Waals surface area (Å²) in [6, 6.07) is 9.76. The third kappa shape index (κ3) is 3.46. The van der Waals surface area contributed by atoms with Gasteiger partial charge in [0.2, 0.25) is 0 Å². The summed E-state index contributed by atoms with van der Waals surface area (Å²) in [6.45, 7) is 3.68. The van der Waals surface area contributed by atoms with Gasteiger partial charge in [-0.3, -0.25) is 14.9 Å². The molecule has 5 nitrogen and oxygen atoms in total. The predicted octanol–water partition coefficient (Wildman–Crippen LogP) is 4.23. The molecule has 6 heteroatoms. The number of nitro benzene ring substituents is 1. The zero-order valence-electron chi connectivity index (χ0n) is 11.5. The maximum absolute atomic E-state index is 12.2. The quantitative estimate of drug-likeness (QED) is 0.666. The number of amides is 1. The van der Waals surface area contributed by atoms with Crippen molar-refractivity contribution in [2.75, 3.05) is 5.32 Å². The van der Waals surface area contributed by atoms with Crippen LogP contribution in [0.1, 0.15) is 21.5 Å². The lowest BCUT2D eigenvalue weighted by atomic mass is 10.1. The van der Waals surface area contributed by atoms with Crippen molar-refractivity contribution in [2.24, 2.45) is 0 Å². The number of hydrogen-bond acceptors (Lipinski definition) is 3. The Hall–Kier alpha value is -2.21. The average molecular weight is 349 g/mol. The van der Waals surface area contributed by atoms with Crippen LogP contribution in [0, 0.1) is 24.0 Å². The van der Waals surface area contributed by atoms with Gasteiger partial charge in [-0.15, -0.1) is 0 Å². The molecule has 21 heavy (non-hydrogen) atoms. The van der Waals surface area contributed by atoms with Crippen LogP contribution in [0.15, 0.2) is 40.9 Å². The van der Waals surface area contributed by atoms with Crippen LogP contribution in [0.4, 0.5) is 11.4 Å². The lowest BCUT2D eigenvalue weighted by Gasteiger charge is -2.08. The Morgan fingerprint density at radius 3 is 2.52 bits per heavy atom. The van der Waals surface area contributed by atoms with Crippen LogP contribution in [-0.2, 0) is 0 Å². The highest BCUT2D eigenvalue weighted by Gasteiger charge is 2.16. The van der Waals surface area contributed by atoms with E-state index in [1.54, 1.807) is 30.3 Å². The van der Waals surface area contributed by atoms with Gasteiger partial charge in [0.05, 0.1) is 4.92 Å². The number of aryl methyl sites for hydroxylation is 2. The third-order valence-electron chi connectivity index (χ3n) is 3.02. The van der Waals surface area contributed by atoms with Gasteiger partial charge in [-0.1, -0.05) is 22.0 Å². The molecule has 108 valence electrons. The lowest BCUT2D eigenvalue weighted by Crippen LogP contribution is -2.13. The number of halogens is 1. The lowest BCUT2D eigenvalue weighted by molar-refractivity contribution is -0.383. The molecule has 0 aliphatic carbocycles. The van der Waals surface area contributed by atoms with Crippen LogP contribution in [0.5, 0.6) is 0 Å². The number of hydrogen-bond donors (Lipinski definition) is 1. The minimum absolute atomic E-state index is 0.122. The van der Waals surface area contributed by atoms with Crippen LogP contribution in [0.3, 0.4) is 0 Å². The fourth-order valence-corrected chi connectivity index (χ4v) is 2.14. The maximum Gasteiger partial charge on any atom is 0.292 e. The molecular formula is C15H13BrN2O3. The molecule has 0 radical (unpaired) electrons. The SMILES string of the molecule is Cc1ccc([N+](=O)[O-])c(NC(=O)c2ccc(Br)c(C)c2)c1. The standard InChI is InChI=1S/C15H13BrN2O3/c1-9-3-6-14(18(20)21)13(7-9)17-15(19)11-4-5-12(16)10(2)8-11/h3-8H,1-2H3,(H,17,19). The van der Waals surface area contributed by atoms with E-state index in [-0.39, 0.29) is 17.3 Å². The molecule has 2 rings (SSSR count). The van der Waals surface area contributed by atoms with Crippen molar-refractivity contribution in [3.8, 4) is 0 Å². The maximum atomic E-state index is 12.2. The highest BCUT2D eigenvalue weighted by Crippen LogP contribution is 2.26. The molecule has 1 N–H and O–H groups in total. The molecule has 0 saturated carbocycles. The molecule has 0 spiro atoms. The molecule has 0 fully saturated rings. The number of benzene rings is 2. The second-order valence-corrected chi connectivity index (χ2v) is 5.55. The fourth-order valence-electron chi connectivity index (χ4n) is 1.89. The van der Waals surface area contributed by atoms with Gasteiger partial charge in [0.25, 0.3) is 11.6 Å². The molecule has 0 atom stereocenters. The van der Waals surface area contributed by atoms with Crippen molar-refractivity contribution in [3.63, 3.8) is 0 Å². The van der Waals surface area contributed by atoms with E-state index >= 15 is 0 Å². The number of carbonyl (C=O) groups excluding carboxylic acids is 1. The Bertz CT molecular complexity index is 729. The zero-order valence-corrected chi connectivity index (χ0v) is 13.1. The smallest absolute Gasteiger partial charge is 0.292 e. The number of rotatable bonds is 3. The van der Waals surface area contributed by atoms with E-state index in [4.69, 9.17) is 0 Å². The monoisotopic (exact) mass is 348 g/mol. The summed E-state index contributed by atoms with van der Waals surface area (Å²) < 4.78 is 0.903. The van der Waals surface area contributed by atoms with Gasteiger partial charge in [0.15, 0.2) is 0 Å². The molecule has 0 bridgehead atoms. The van der Waals surface area contributed by atoms with Crippen LogP contribution >= 0.6 is 15.9 Å². The van der Waals surface area contributed by atoms with Crippen molar-refractivity contribution < 1.29 is 9.72 Å². The molecule has 0 saturated heterocycles. The summed E-state index contributed by atoms with van der Waals surface area (Å²) in [4.78, 5) is 22.7. The van der Waals surface area contributed by atoms with E-state index in [0.29, 0.717) is 5.56 Å². The Kier molecular flexibility index (Phi) is 4.37. The topological polar surface area (TPSA) is 72.2 Å². The highest BCUT2D eigenvalue weighted by atomic mass is 79.9. The van der Waals surface area contributed by atoms with E-state index < -0.39 is 4.92 Å². The first-order chi connectivity index (χ1) is 9.88. The largest absolute Gasteiger partial charge is 0.316 e. The summed E-state index contributed by atoms with van der Waals surface area (Å²) in [5.74, 6) is -0.376. The van der Waals surface area contributed by atoms with Crippen molar-refractivity contribution in [3.05, 3.63) is 67.7 Å². The number of anilines is 1. The summed E-state index contributed by atoms with van der Waals surface area (Å²) in [5.41, 5.74) is 2.28. The van der Waals surface area contributed by atoms with Crippen molar-refractivity contribution in [1.82, 2.24) is 0 Å². The highest BCUT2D eigenvalue weighted by molar-refractivity contribution is 9.10. The Morgan fingerprint density at radius 1 is 1.19 bits per heavy atom. The Labute approximate surface area is 130 Å². The van der Waals surface area contributed by atoms with Crippen molar-refractivity contribution >= 4 is 33.2 Å². The van der Waals surface area contributed by atoms with E-state index in [0.717, 1.165) is 15.6 Å². The van der Waals surface area contributed by atoms with Gasteiger partial charge >= 0.3 is 0 Å². The van der Waals surface area contributed by atoms with Gasteiger partial charge in [-0.25, -0.2) is 0 Å². The molecule has 0 aromatic heterocycles. The Balaban J connectivity index is 2.33. The van der Waals surface area contributed by atoms with Gasteiger partial charge < -0.3 is 5.32 Å². The van der Waals surface area contributed by atoms with Crippen molar-refractivity contribution in [2.45, 2.75) is 13.8 Å². The molecule has 0 aliphatic heterocycles. The van der Waals surface area contributed by atoms with E-state index in [9.17, 15) is 14.9 Å². The summed E-state index contributed by atoms with van der Waals surface area (Å²) >= 11 is 3.36. The van der Waals surface area contributed by atoms with Crippen LogP contribution < -0.4 is 5.32 Å². The molecule has 2 aromatic rings. The van der Waals surface area contributed by atoms with Gasteiger partial charge in [0, 0.05) is 16.1 Å². The zero-order chi connectivity index (χ0) is 15.6. The average Bonchev–Trinajstić information content (AvgIpc) is 2.41. The minimum Gasteiger partial charge on any atom is -0.316 e. The van der Waals surface area contributed by atoms with E-state index in [1.165, 1.54) is 6.07 Å². The number of nitrogens with one attached hydrogen (secondary N) is 1. The summed E-state index contributed by atoms with van der Waals surface area (Å²) in [6.07, 6.45) is 0. The van der Waals surface area contributed by atoms with Crippen LogP contribution in [0.25, 0.3) is 0 Å². The Morgan fingerprint density at radius 2 is 1.90 bits per heavy atom. The first-order valence-corrected chi connectivity index (χ1v) is 7.00. The molecule has 2 aromatic carbocycles. The number of nitro groups is 1. The van der Waals surface area contributed by atoms with Crippen molar-refractivity contribution in [1.29, 1.82) is 0 Å². The number of nitrogens with zero attached hydrogens (tertiary/aromatic N) is 1. The van der Waals surface area contributed by atoms with Gasteiger partial charge in [-0.2, -0.15) is 0 Å². The van der Waals surface area contributed by atoms with Gasteiger partial charge in [-0.05, 0) is 49.2 Å². The first kappa shape index (κ1) is 15.2. The molecule has 1 amide bonds. The molecule has 0 aliphatic rings. The summed E-state index contributed by atoms with van der Waals surface area (Å²) in [5, 5.41) is 13.6. The van der Waals surface area contributed by atoms with E-state index in [1.807, 2.05) is 13.8 Å². The third-order valence-corrected chi connectivity index (χ3v) is 3.91. The second-order valence-electron chi connectivity index (χ2n) is 4.70. The molecule has 0 unspecified atom stereocenters. The van der Waals surface area contributed by atoms with Crippen LogP contribution in [-0.4, -0.2) is 10.8 Å². The van der Waals surface area contributed by atoms with E-state index in [2.05, 4.69) is 21.2 Å². The predicted molar refractivity (Wildman–Crippen MR) is 84.7 cm³/mol. The molecule has 0 heterocycles. The van der Waals surface area contributed by atoms with Gasteiger partial charge in [0.1, 0.15) is 5.69 Å².